The fourth-order valence-corrected chi connectivity index (χ4v) is 5.02. The standard InChI is InChI=1S/C23H31N3OS/c1-17-23(28-16-24-17)15-26(22-7-8-22)14-21-5-3-19(4-6-21)13-20-9-11-25(12-10-20)18(2)27/h3-6,16,20,22H,7-15H2,1-2H3. The largest absolute Gasteiger partial charge is 0.343 e. The van der Waals surface area contributed by atoms with Gasteiger partial charge in [-0.05, 0) is 56.1 Å². The summed E-state index contributed by atoms with van der Waals surface area (Å²) in [7, 11) is 0. The Balaban J connectivity index is 1.31. The quantitative estimate of drug-likeness (QED) is 0.694. The van der Waals surface area contributed by atoms with Crippen LogP contribution in [0.3, 0.4) is 0 Å². The predicted octanol–water partition coefficient (Wildman–Crippen LogP) is 4.42. The summed E-state index contributed by atoms with van der Waals surface area (Å²) in [5.41, 5.74) is 5.98. The van der Waals surface area contributed by atoms with Gasteiger partial charge in [-0.2, -0.15) is 0 Å². The first-order valence-corrected chi connectivity index (χ1v) is 11.4. The van der Waals surface area contributed by atoms with Crippen molar-refractivity contribution in [2.75, 3.05) is 13.1 Å². The molecule has 2 heterocycles. The topological polar surface area (TPSA) is 36.4 Å². The van der Waals surface area contributed by atoms with E-state index in [4.69, 9.17) is 0 Å². The van der Waals surface area contributed by atoms with E-state index in [9.17, 15) is 4.79 Å². The Morgan fingerprint density at radius 3 is 2.36 bits per heavy atom. The predicted molar refractivity (Wildman–Crippen MR) is 114 cm³/mol. The number of thiazole rings is 1. The summed E-state index contributed by atoms with van der Waals surface area (Å²) in [6.07, 6.45) is 6.05. The van der Waals surface area contributed by atoms with Gasteiger partial charge in [-0.1, -0.05) is 24.3 Å². The molecule has 1 amide bonds. The first-order chi connectivity index (χ1) is 13.6. The summed E-state index contributed by atoms with van der Waals surface area (Å²) < 4.78 is 0. The van der Waals surface area contributed by atoms with Crippen LogP contribution in [0.15, 0.2) is 29.8 Å². The lowest BCUT2D eigenvalue weighted by molar-refractivity contribution is -0.130. The highest BCUT2D eigenvalue weighted by Gasteiger charge is 2.29. The molecule has 1 aromatic heterocycles. The van der Waals surface area contributed by atoms with Crippen molar-refractivity contribution in [3.8, 4) is 0 Å². The molecule has 28 heavy (non-hydrogen) atoms. The molecule has 4 nitrogen and oxygen atoms in total. The fourth-order valence-electron chi connectivity index (χ4n) is 4.22. The van der Waals surface area contributed by atoms with E-state index in [0.29, 0.717) is 5.92 Å². The van der Waals surface area contributed by atoms with Crippen molar-refractivity contribution in [3.05, 3.63) is 51.5 Å². The third kappa shape index (κ3) is 5.00. The minimum atomic E-state index is 0.219. The van der Waals surface area contributed by atoms with Crippen molar-refractivity contribution in [2.45, 2.75) is 65.1 Å². The number of aromatic nitrogens is 1. The van der Waals surface area contributed by atoms with Gasteiger partial charge in [-0.3, -0.25) is 9.69 Å². The van der Waals surface area contributed by atoms with Gasteiger partial charge in [-0.15, -0.1) is 11.3 Å². The number of benzene rings is 1. The maximum absolute atomic E-state index is 11.5. The second-order valence-corrected chi connectivity index (χ2v) is 9.41. The Kier molecular flexibility index (Phi) is 6.12. The van der Waals surface area contributed by atoms with E-state index in [-0.39, 0.29) is 5.91 Å². The second kappa shape index (κ2) is 8.75. The SMILES string of the molecule is CC(=O)N1CCC(Cc2ccc(CN(Cc3scnc3C)C3CC3)cc2)CC1. The van der Waals surface area contributed by atoms with Crippen LogP contribution < -0.4 is 0 Å². The van der Waals surface area contributed by atoms with E-state index >= 15 is 0 Å². The third-order valence-corrected chi connectivity index (χ3v) is 7.17. The Labute approximate surface area is 172 Å². The normalized spacial score (nSPS) is 18.0. The molecule has 0 bridgehead atoms. The molecule has 0 atom stereocenters. The molecular formula is C23H31N3OS. The van der Waals surface area contributed by atoms with Crippen LogP contribution in [0.1, 0.15) is 54.3 Å². The maximum atomic E-state index is 11.5. The van der Waals surface area contributed by atoms with Gasteiger partial charge in [0.25, 0.3) is 0 Å². The van der Waals surface area contributed by atoms with E-state index < -0.39 is 0 Å². The van der Waals surface area contributed by atoms with Crippen LogP contribution in [0.2, 0.25) is 0 Å². The molecule has 4 rings (SSSR count). The zero-order valence-corrected chi connectivity index (χ0v) is 17.9. The number of amides is 1. The van der Waals surface area contributed by atoms with Crippen molar-refractivity contribution < 1.29 is 4.79 Å². The number of nitrogens with zero attached hydrogens (tertiary/aromatic N) is 3. The minimum absolute atomic E-state index is 0.219. The van der Waals surface area contributed by atoms with Crippen molar-refractivity contribution >= 4 is 17.2 Å². The number of carbonyl (C=O) groups is 1. The van der Waals surface area contributed by atoms with Crippen LogP contribution in [-0.2, 0) is 24.3 Å². The molecule has 2 aromatic rings. The summed E-state index contributed by atoms with van der Waals surface area (Å²) >= 11 is 1.78. The lowest BCUT2D eigenvalue weighted by atomic mass is 9.90. The van der Waals surface area contributed by atoms with Crippen molar-refractivity contribution in [1.29, 1.82) is 0 Å². The lowest BCUT2D eigenvalue weighted by Crippen LogP contribution is -2.37. The van der Waals surface area contributed by atoms with Crippen molar-refractivity contribution in [1.82, 2.24) is 14.8 Å². The number of hydrogen-bond acceptors (Lipinski definition) is 4. The lowest BCUT2D eigenvalue weighted by Gasteiger charge is -2.31. The monoisotopic (exact) mass is 397 g/mol. The number of carbonyl (C=O) groups excluding carboxylic acids is 1. The van der Waals surface area contributed by atoms with Crippen LogP contribution >= 0.6 is 11.3 Å². The van der Waals surface area contributed by atoms with E-state index in [1.165, 1.54) is 34.5 Å². The molecule has 2 fully saturated rings. The molecule has 1 saturated heterocycles. The third-order valence-electron chi connectivity index (χ3n) is 6.25. The average molecular weight is 398 g/mol. The average Bonchev–Trinajstić information content (AvgIpc) is 3.46. The molecule has 0 N–H and O–H groups in total. The zero-order chi connectivity index (χ0) is 19.5. The van der Waals surface area contributed by atoms with Crippen LogP contribution in [-0.4, -0.2) is 39.8 Å². The first-order valence-electron chi connectivity index (χ1n) is 10.5. The van der Waals surface area contributed by atoms with Crippen molar-refractivity contribution in [3.63, 3.8) is 0 Å². The van der Waals surface area contributed by atoms with E-state index in [0.717, 1.165) is 51.5 Å². The molecule has 0 unspecified atom stereocenters. The molecule has 1 saturated carbocycles. The smallest absolute Gasteiger partial charge is 0.219 e. The zero-order valence-electron chi connectivity index (χ0n) is 17.1. The number of hydrogen-bond donors (Lipinski definition) is 0. The molecule has 150 valence electrons. The summed E-state index contributed by atoms with van der Waals surface area (Å²) in [5.74, 6) is 0.926. The molecule has 1 aliphatic carbocycles. The second-order valence-electron chi connectivity index (χ2n) is 8.47. The molecule has 1 aromatic carbocycles. The molecule has 2 aliphatic rings. The Bertz CT molecular complexity index is 788. The Morgan fingerprint density at radius 2 is 1.79 bits per heavy atom. The van der Waals surface area contributed by atoms with Crippen LogP contribution in [0, 0.1) is 12.8 Å². The van der Waals surface area contributed by atoms with E-state index in [1.807, 2.05) is 10.4 Å². The van der Waals surface area contributed by atoms with Gasteiger partial charge >= 0.3 is 0 Å². The maximum Gasteiger partial charge on any atom is 0.219 e. The summed E-state index contributed by atoms with van der Waals surface area (Å²) in [6.45, 7) is 7.70. The molecular weight excluding hydrogens is 366 g/mol. The van der Waals surface area contributed by atoms with Crippen molar-refractivity contribution in [2.24, 2.45) is 5.92 Å². The van der Waals surface area contributed by atoms with Gasteiger partial charge in [0, 0.05) is 44.0 Å². The molecule has 5 heteroatoms. The number of likely N-dealkylation sites (tertiary alicyclic amines) is 1. The first kappa shape index (κ1) is 19.6. The van der Waals surface area contributed by atoms with Gasteiger partial charge in [0.05, 0.1) is 11.2 Å². The number of aryl methyl sites for hydroxylation is 1. The Morgan fingerprint density at radius 1 is 1.11 bits per heavy atom. The van der Waals surface area contributed by atoms with Crippen LogP contribution in [0.4, 0.5) is 0 Å². The highest BCUT2D eigenvalue weighted by Crippen LogP contribution is 2.31. The minimum Gasteiger partial charge on any atom is -0.343 e. The van der Waals surface area contributed by atoms with Crippen LogP contribution in [0.5, 0.6) is 0 Å². The van der Waals surface area contributed by atoms with Gasteiger partial charge in [0.1, 0.15) is 0 Å². The van der Waals surface area contributed by atoms with Crippen LogP contribution in [0.25, 0.3) is 0 Å². The number of rotatable bonds is 7. The van der Waals surface area contributed by atoms with Gasteiger partial charge < -0.3 is 4.90 Å². The van der Waals surface area contributed by atoms with Gasteiger partial charge in [0.2, 0.25) is 5.91 Å². The summed E-state index contributed by atoms with van der Waals surface area (Å²) in [6, 6.07) is 10.0. The molecule has 0 spiro atoms. The highest BCUT2D eigenvalue weighted by atomic mass is 32.1. The molecule has 1 aliphatic heterocycles. The van der Waals surface area contributed by atoms with Gasteiger partial charge in [-0.25, -0.2) is 4.98 Å². The highest BCUT2D eigenvalue weighted by molar-refractivity contribution is 7.09. The van der Waals surface area contributed by atoms with Gasteiger partial charge in [0.15, 0.2) is 0 Å². The summed E-state index contributed by atoms with van der Waals surface area (Å²) in [4.78, 5) is 21.9. The molecule has 0 radical (unpaired) electrons. The Hall–Kier alpha value is -1.72. The fraction of sp³-hybridized carbons (Fsp3) is 0.565. The summed E-state index contributed by atoms with van der Waals surface area (Å²) in [5, 5.41) is 0. The van der Waals surface area contributed by atoms with E-state index in [1.54, 1.807) is 18.3 Å². The number of piperidine rings is 1. The van der Waals surface area contributed by atoms with E-state index in [2.05, 4.69) is 41.1 Å².